The number of fused-ring (bicyclic) bond motifs is 4. The highest BCUT2D eigenvalue weighted by atomic mass is 35.5. The van der Waals surface area contributed by atoms with Crippen molar-refractivity contribution in [1.82, 2.24) is 99.5 Å². The molecule has 2 aliphatic heterocycles. The van der Waals surface area contributed by atoms with Gasteiger partial charge in [-0.15, -0.1) is 0 Å². The molecule has 51 heteroatoms. The summed E-state index contributed by atoms with van der Waals surface area (Å²) in [4.78, 5) is 224. The lowest BCUT2D eigenvalue weighted by molar-refractivity contribution is -0.140. The Hall–Kier alpha value is -16.2. The number of carboxylic acid groups (broad SMARTS) is 4. The number of primary amides is 2. The number of methoxy groups -OCH3 is 1. The van der Waals surface area contributed by atoms with Crippen LogP contribution in [-0.2, 0) is 109 Å². The van der Waals surface area contributed by atoms with Crippen molar-refractivity contribution in [2.45, 2.75) is 187 Å². The molecule has 8 heterocycles. The van der Waals surface area contributed by atoms with E-state index in [1.165, 1.54) is 40.7 Å². The number of nitrogens with zero attached hydrogens (tertiary/aromatic N) is 14. The van der Waals surface area contributed by atoms with E-state index in [4.69, 9.17) is 70.4 Å². The minimum atomic E-state index is -1.81. The number of rotatable bonds is 52. The van der Waals surface area contributed by atoms with Gasteiger partial charge in [-0.25, -0.2) is 19.9 Å². The smallest absolute Gasteiger partial charge is 0.303 e. The topological polar surface area (TPSA) is 691 Å². The fraction of sp³-hybridized carbons (Fsp3) is 0.411. The maximum atomic E-state index is 14.6. The Morgan fingerprint density at radius 3 is 1.34 bits per heavy atom. The van der Waals surface area contributed by atoms with E-state index < -0.39 is 158 Å². The first-order valence-electron chi connectivity index (χ1n) is 47.1. The lowest BCUT2D eigenvalue weighted by Gasteiger charge is -2.27. The number of hydrogen-bond acceptors (Lipinski definition) is 26. The highest BCUT2D eigenvalue weighted by Crippen LogP contribution is 2.42. The zero-order valence-corrected chi connectivity index (χ0v) is 82.7. The number of nitrogens with one attached hydrogen (secondary N) is 11. The molecule has 11 amide bonds. The highest BCUT2D eigenvalue weighted by molar-refractivity contribution is 6.40. The number of benzene rings is 4. The number of hydrogen-bond donors (Lipinski definition) is 18. The summed E-state index contributed by atoms with van der Waals surface area (Å²) >= 11 is 14.1. The van der Waals surface area contributed by atoms with Crippen molar-refractivity contribution in [3.63, 3.8) is 0 Å². The van der Waals surface area contributed by atoms with Crippen molar-refractivity contribution < 1.29 is 102 Å². The Bertz CT molecular complexity index is 6730. The number of aliphatic carboxylic acids is 4. The van der Waals surface area contributed by atoms with Gasteiger partial charge in [0, 0.05) is 158 Å². The summed E-state index contributed by atoms with van der Waals surface area (Å²) in [6.07, 6.45) is 0.857. The first kappa shape index (κ1) is 109. The Morgan fingerprint density at radius 2 is 0.911 bits per heavy atom. The summed E-state index contributed by atoms with van der Waals surface area (Å²) < 4.78 is 21.7. The molecule has 0 aliphatic carbocycles. The Labute approximate surface area is 844 Å². The van der Waals surface area contributed by atoms with Crippen LogP contribution in [-0.4, -0.2) is 260 Å². The molecule has 0 unspecified atom stereocenters. The molecule has 4 atom stereocenters. The van der Waals surface area contributed by atoms with Crippen LogP contribution in [0.25, 0.3) is 33.2 Å². The molecule has 21 N–H and O–H groups in total. The number of nitrogens with two attached hydrogens (primary N) is 3. The van der Waals surface area contributed by atoms with E-state index in [9.17, 15) is 87.2 Å². The monoisotopic (exact) mass is 2050 g/mol. The van der Waals surface area contributed by atoms with Crippen LogP contribution >= 0.6 is 23.2 Å². The zero-order valence-electron chi connectivity index (χ0n) is 81.2. The summed E-state index contributed by atoms with van der Waals surface area (Å²) in [6, 6.07) is 12.1. The molecule has 6 aromatic heterocycles. The number of carbonyl (C=O) groups is 15. The van der Waals surface area contributed by atoms with Crippen LogP contribution < -0.4 is 79.8 Å². The van der Waals surface area contributed by atoms with Gasteiger partial charge in [0.1, 0.15) is 58.1 Å². The normalized spacial score (nSPS) is 13.3. The van der Waals surface area contributed by atoms with E-state index in [2.05, 4.69) is 78.2 Å². The van der Waals surface area contributed by atoms with Gasteiger partial charge >= 0.3 is 23.9 Å². The van der Waals surface area contributed by atoms with Crippen LogP contribution in [0.4, 0.5) is 23.3 Å². The van der Waals surface area contributed by atoms with E-state index in [-0.39, 0.29) is 173 Å². The largest absolute Gasteiger partial charge is 0.494 e. The lowest BCUT2D eigenvalue weighted by atomic mass is 10.0. The van der Waals surface area contributed by atoms with Gasteiger partial charge in [-0.1, -0.05) is 59.6 Å². The number of amides is 11. The summed E-state index contributed by atoms with van der Waals surface area (Å²) in [7, 11) is 4.84. The standard InChI is InChI=1S/C95H116Cl2N28O21/c1-8-124-68(42-50(3)116-124)89(141)114-94-112-62-44-52(81(98)135)46-70(145-7)79(62)122(94)37-10-11-38-123-80-63(113-95(123)115-90(142)69-43-51(4)117-125(69)9-2)45-53(82(99)136)47-71(80)146-41-17-34-102-85(137)59(25-28-74(129)130)110-88(140)61(27-30-76(133)134)111-86(138)58(22-14-33-103-93(100)101)109-87(139)60(26-29-75(131)132)104-72(126)23-15-35-120-39-31-66-64(48-120)105-83(118(66)5)91(143)107-56-20-12-18-54(77(56)96)55-19-13-21-57(78(55)97)108-92(144)84-106-65-49-121(36-16-24-73(127)128)40-32-67(65)119(84)6/h10-13,18-21,42-47,58-61H,8-9,14-17,22-41,48-49H2,1-7H3,(H2,98,135)(H2,99,136)(H,102,137)(H,104,126)(H,107,143)(H,108,144)(H,109,139)(H,110,140)(H,111,138)(H,127,128)(H,129,130)(H,131,132)(H,133,134)(H4,100,101,103)(H,112,114,141)(H,113,115,142)/b11-10+/t58-,59-,60-,61-/m0/s1. The molecular formula is C95H116Cl2N28O21. The summed E-state index contributed by atoms with van der Waals surface area (Å²) in [5, 5.41) is 82.2. The van der Waals surface area contributed by atoms with E-state index in [1.807, 2.05) is 11.8 Å². The molecule has 0 bridgehead atoms. The first-order valence-corrected chi connectivity index (χ1v) is 47.8. The number of aromatic nitrogens is 12. The van der Waals surface area contributed by atoms with Crippen LogP contribution in [0.2, 0.25) is 10.0 Å². The zero-order chi connectivity index (χ0) is 106. The molecular weight excluding hydrogens is 1940 g/mol. The van der Waals surface area contributed by atoms with Gasteiger partial charge in [0.05, 0.1) is 68.9 Å². The SMILES string of the molecule is CCn1nc(C)cc1C(=O)Nc1nc2cc(C(N)=O)cc(OC)c2n1C/C=C/Cn1c(NC(=O)c2cc(C)nn2CC)nc2cc(C(N)=O)cc(OCCCNC(=O)[C@H](CCC(=O)O)NC(=O)[C@H](CCC(=O)O)NC(=O)[C@H](CCCNC(=N)N)NC(=O)[C@H](CCC(=O)O)NC(=O)CCCN3CCc4c(nc(C(=O)Nc5cccc(-c6cccc(NC(=O)c7nc8c(n7C)CCN(CCCC(=O)O)C8)c6Cl)c5Cl)n4C)C3)c21. The van der Waals surface area contributed by atoms with E-state index in [0.29, 0.717) is 98.8 Å². The van der Waals surface area contributed by atoms with E-state index in [1.54, 1.807) is 114 Å². The highest BCUT2D eigenvalue weighted by Gasteiger charge is 2.36. The number of guanidine groups is 1. The third-order valence-corrected chi connectivity index (χ3v) is 25.2. The fourth-order valence-corrected chi connectivity index (χ4v) is 17.7. The van der Waals surface area contributed by atoms with Crippen LogP contribution in [0, 0.1) is 19.3 Å². The van der Waals surface area contributed by atoms with Crippen molar-refractivity contribution in [2.24, 2.45) is 31.3 Å². The van der Waals surface area contributed by atoms with Gasteiger partial charge in [0.25, 0.3) is 23.6 Å². The molecule has 12 rings (SSSR count). The number of aryl methyl sites for hydroxylation is 4. The third-order valence-electron chi connectivity index (χ3n) is 24.4. The second-order valence-corrected chi connectivity index (χ2v) is 35.6. The number of halogens is 2. The van der Waals surface area contributed by atoms with Crippen molar-refractivity contribution >= 4 is 163 Å². The molecule has 0 radical (unpaired) electrons. The molecule has 146 heavy (non-hydrogen) atoms. The van der Waals surface area contributed by atoms with Crippen LogP contribution in [0.15, 0.2) is 84.9 Å². The van der Waals surface area contributed by atoms with Gasteiger partial charge in [-0.2, -0.15) is 10.2 Å². The number of carboxylic acids is 4. The number of ether oxygens (including phenoxy) is 2. The minimum absolute atomic E-state index is 0.00573. The maximum absolute atomic E-state index is 14.6. The molecule has 776 valence electrons. The first-order chi connectivity index (χ1) is 69.7. The van der Waals surface area contributed by atoms with Crippen molar-refractivity contribution in [3.8, 4) is 22.6 Å². The quantitative estimate of drug-likeness (QED) is 0.0102. The minimum Gasteiger partial charge on any atom is -0.494 e. The van der Waals surface area contributed by atoms with Gasteiger partial charge in [0.15, 0.2) is 17.6 Å². The Morgan fingerprint density at radius 1 is 0.493 bits per heavy atom. The molecule has 2 aliphatic rings. The molecule has 10 aromatic rings. The number of carbonyl (C=O) groups excluding carboxylic acids is 11. The molecule has 0 saturated heterocycles. The summed E-state index contributed by atoms with van der Waals surface area (Å²) in [6.45, 7) is 9.86. The average molecular weight is 2060 g/mol. The predicted octanol–water partition coefficient (Wildman–Crippen LogP) is 5.09. The molecule has 0 spiro atoms. The number of imidazole rings is 4. The van der Waals surface area contributed by atoms with Crippen molar-refractivity contribution in [2.75, 3.05) is 74.3 Å². The van der Waals surface area contributed by atoms with Crippen LogP contribution in [0.3, 0.4) is 0 Å². The van der Waals surface area contributed by atoms with Gasteiger partial charge in [0.2, 0.25) is 53.2 Å². The average Bonchev–Trinajstić information content (AvgIpc) is 1.61. The van der Waals surface area contributed by atoms with Gasteiger partial charge < -0.3 is 108 Å². The fourth-order valence-electron chi connectivity index (χ4n) is 17.2. The molecule has 4 aromatic carbocycles. The van der Waals surface area contributed by atoms with Gasteiger partial charge in [-0.05, 0) is 141 Å². The van der Waals surface area contributed by atoms with Crippen molar-refractivity contribution in [3.05, 3.63) is 163 Å². The summed E-state index contributed by atoms with van der Waals surface area (Å²) in [5.41, 5.74) is 24.0. The lowest BCUT2D eigenvalue weighted by Crippen LogP contribution is -2.58. The Balaban J connectivity index is 0.676. The summed E-state index contributed by atoms with van der Waals surface area (Å²) in [5.74, 6) is -14.0. The van der Waals surface area contributed by atoms with Gasteiger partial charge in [-0.3, -0.25) is 107 Å². The van der Waals surface area contributed by atoms with Crippen LogP contribution in [0.5, 0.6) is 11.5 Å². The predicted molar refractivity (Wildman–Crippen MR) is 532 cm³/mol. The maximum Gasteiger partial charge on any atom is 0.303 e. The Kier molecular flexibility index (Phi) is 37.0. The molecule has 0 fully saturated rings. The molecule has 0 saturated carbocycles. The van der Waals surface area contributed by atoms with Crippen molar-refractivity contribution in [1.29, 1.82) is 5.41 Å². The number of allylic oxidation sites excluding steroid dienone is 2. The number of anilines is 4. The molecule has 49 nitrogen and oxygen atoms in total. The third kappa shape index (κ3) is 27.6. The van der Waals surface area contributed by atoms with E-state index >= 15 is 0 Å². The van der Waals surface area contributed by atoms with Crippen LogP contribution in [0.1, 0.15) is 194 Å². The second-order valence-electron chi connectivity index (χ2n) is 34.8. The second kappa shape index (κ2) is 49.7. The van der Waals surface area contributed by atoms with E-state index in [0.717, 1.165) is 17.1 Å².